The summed E-state index contributed by atoms with van der Waals surface area (Å²) in [6.45, 7) is 7.71. The highest BCUT2D eigenvalue weighted by Gasteiger charge is 2.07. The van der Waals surface area contributed by atoms with Gasteiger partial charge in [0.15, 0.2) is 0 Å². The molecular formula is C17H27BrFN. The van der Waals surface area contributed by atoms with Crippen molar-refractivity contribution in [2.75, 3.05) is 6.54 Å². The van der Waals surface area contributed by atoms with Crippen LogP contribution < -0.4 is 5.32 Å². The molecule has 1 atom stereocenters. The molecule has 1 rings (SSSR count). The van der Waals surface area contributed by atoms with E-state index in [1.165, 1.54) is 38.2 Å². The molecule has 114 valence electrons. The van der Waals surface area contributed by atoms with E-state index in [2.05, 4.69) is 42.0 Å². The van der Waals surface area contributed by atoms with Crippen molar-refractivity contribution in [3.63, 3.8) is 0 Å². The molecule has 1 nitrogen and oxygen atoms in total. The predicted molar refractivity (Wildman–Crippen MR) is 88.4 cm³/mol. The first kappa shape index (κ1) is 17.6. The van der Waals surface area contributed by atoms with Crippen LogP contribution in [0.25, 0.3) is 0 Å². The summed E-state index contributed by atoms with van der Waals surface area (Å²) in [4.78, 5) is 0. The summed E-state index contributed by atoms with van der Waals surface area (Å²) in [7, 11) is 0. The highest BCUT2D eigenvalue weighted by molar-refractivity contribution is 9.10. The normalized spacial score (nSPS) is 12.9. The van der Waals surface area contributed by atoms with Crippen molar-refractivity contribution in [2.45, 2.75) is 58.9 Å². The molecule has 0 fully saturated rings. The van der Waals surface area contributed by atoms with E-state index in [9.17, 15) is 4.39 Å². The Bertz CT molecular complexity index is 393. The van der Waals surface area contributed by atoms with Crippen LogP contribution in [-0.4, -0.2) is 6.54 Å². The lowest BCUT2D eigenvalue weighted by molar-refractivity contribution is 0.498. The van der Waals surface area contributed by atoms with Gasteiger partial charge in [-0.2, -0.15) is 0 Å². The summed E-state index contributed by atoms with van der Waals surface area (Å²) in [6.07, 6.45) is 6.52. The van der Waals surface area contributed by atoms with Crippen LogP contribution in [0.1, 0.15) is 64.5 Å². The molecule has 0 saturated heterocycles. The Morgan fingerprint density at radius 2 is 1.80 bits per heavy atom. The molecule has 0 amide bonds. The van der Waals surface area contributed by atoms with Gasteiger partial charge in [0.05, 0.1) is 4.47 Å². The van der Waals surface area contributed by atoms with E-state index < -0.39 is 0 Å². The second kappa shape index (κ2) is 9.51. The number of benzene rings is 1. The van der Waals surface area contributed by atoms with Crippen molar-refractivity contribution < 1.29 is 4.39 Å². The van der Waals surface area contributed by atoms with Crippen LogP contribution in [0.15, 0.2) is 22.7 Å². The molecule has 0 aliphatic carbocycles. The molecule has 0 aromatic heterocycles. The molecule has 0 aliphatic heterocycles. The zero-order valence-corrected chi connectivity index (χ0v) is 14.5. The van der Waals surface area contributed by atoms with Gasteiger partial charge in [-0.1, -0.05) is 45.6 Å². The predicted octanol–water partition coefficient (Wildman–Crippen LogP) is 5.85. The summed E-state index contributed by atoms with van der Waals surface area (Å²) >= 11 is 3.23. The van der Waals surface area contributed by atoms with Crippen LogP contribution in [-0.2, 0) is 0 Å². The van der Waals surface area contributed by atoms with Crippen molar-refractivity contribution >= 4 is 15.9 Å². The van der Waals surface area contributed by atoms with Crippen molar-refractivity contribution in [1.82, 2.24) is 5.32 Å². The average molecular weight is 344 g/mol. The Balaban J connectivity index is 2.16. The van der Waals surface area contributed by atoms with Gasteiger partial charge in [-0.25, -0.2) is 4.39 Å². The second-order valence-corrected chi connectivity index (χ2v) is 6.80. The van der Waals surface area contributed by atoms with E-state index in [0.29, 0.717) is 4.47 Å². The Morgan fingerprint density at radius 3 is 2.45 bits per heavy atom. The minimum atomic E-state index is -0.203. The molecule has 1 aromatic rings. The molecule has 0 bridgehead atoms. The minimum Gasteiger partial charge on any atom is -0.310 e. The maximum absolute atomic E-state index is 13.2. The number of hydrogen-bond acceptors (Lipinski definition) is 1. The monoisotopic (exact) mass is 343 g/mol. The summed E-state index contributed by atoms with van der Waals surface area (Å²) in [5.74, 6) is 0.621. The number of rotatable bonds is 9. The van der Waals surface area contributed by atoms with E-state index in [-0.39, 0.29) is 11.9 Å². The van der Waals surface area contributed by atoms with E-state index in [1.807, 2.05) is 12.1 Å². The van der Waals surface area contributed by atoms with Gasteiger partial charge >= 0.3 is 0 Å². The lowest BCUT2D eigenvalue weighted by atomic mass is 10.0. The molecule has 1 unspecified atom stereocenters. The highest BCUT2D eigenvalue weighted by Crippen LogP contribution is 2.21. The smallest absolute Gasteiger partial charge is 0.137 e. The number of unbranched alkanes of at least 4 members (excludes halogenated alkanes) is 3. The van der Waals surface area contributed by atoms with Crippen LogP contribution in [0.5, 0.6) is 0 Å². The average Bonchev–Trinajstić information content (AvgIpc) is 2.40. The Hall–Kier alpha value is -0.410. The Kier molecular flexibility index (Phi) is 8.39. The van der Waals surface area contributed by atoms with Gasteiger partial charge in [0.25, 0.3) is 0 Å². The quantitative estimate of drug-likeness (QED) is 0.555. The van der Waals surface area contributed by atoms with Crippen LogP contribution in [0.3, 0.4) is 0 Å². The lowest BCUT2D eigenvalue weighted by Crippen LogP contribution is -2.19. The fourth-order valence-corrected chi connectivity index (χ4v) is 2.65. The largest absolute Gasteiger partial charge is 0.310 e. The van der Waals surface area contributed by atoms with Crippen LogP contribution >= 0.6 is 15.9 Å². The third kappa shape index (κ3) is 6.85. The third-order valence-corrected chi connectivity index (χ3v) is 4.21. The van der Waals surface area contributed by atoms with Gasteiger partial charge in [-0.3, -0.25) is 0 Å². The maximum atomic E-state index is 13.2. The molecule has 0 saturated carbocycles. The molecule has 0 spiro atoms. The van der Waals surface area contributed by atoms with E-state index in [0.717, 1.165) is 18.0 Å². The summed E-state index contributed by atoms with van der Waals surface area (Å²) < 4.78 is 13.7. The summed E-state index contributed by atoms with van der Waals surface area (Å²) in [5.41, 5.74) is 1.12. The van der Waals surface area contributed by atoms with Crippen molar-refractivity contribution in [3.05, 3.63) is 34.1 Å². The first-order valence-electron chi connectivity index (χ1n) is 7.69. The van der Waals surface area contributed by atoms with Crippen LogP contribution in [0, 0.1) is 11.7 Å². The first-order valence-corrected chi connectivity index (χ1v) is 8.48. The zero-order valence-electron chi connectivity index (χ0n) is 12.9. The van der Waals surface area contributed by atoms with E-state index >= 15 is 0 Å². The highest BCUT2D eigenvalue weighted by atomic mass is 79.9. The van der Waals surface area contributed by atoms with Gasteiger partial charge in [0.2, 0.25) is 0 Å². The van der Waals surface area contributed by atoms with Crippen LogP contribution in [0.2, 0.25) is 0 Å². The molecule has 20 heavy (non-hydrogen) atoms. The molecule has 0 radical (unpaired) electrons. The molecule has 1 N–H and O–H groups in total. The fraction of sp³-hybridized carbons (Fsp3) is 0.647. The molecule has 0 heterocycles. The SMILES string of the molecule is CC(C)CCCCCCNC(C)c1ccc(F)c(Br)c1. The van der Waals surface area contributed by atoms with Crippen LogP contribution in [0.4, 0.5) is 4.39 Å². The topological polar surface area (TPSA) is 12.0 Å². The van der Waals surface area contributed by atoms with Gasteiger partial charge in [-0.15, -0.1) is 0 Å². The minimum absolute atomic E-state index is 0.203. The molecule has 3 heteroatoms. The Labute approximate surface area is 131 Å². The molecule has 1 aromatic carbocycles. The van der Waals surface area contributed by atoms with E-state index in [4.69, 9.17) is 0 Å². The van der Waals surface area contributed by atoms with Gasteiger partial charge in [-0.05, 0) is 59.4 Å². The standard InChI is InChI=1S/C17H27BrFN/c1-13(2)8-6-4-5-7-11-20-14(3)15-9-10-17(19)16(18)12-15/h9-10,12-14,20H,4-8,11H2,1-3H3. The lowest BCUT2D eigenvalue weighted by Gasteiger charge is -2.14. The maximum Gasteiger partial charge on any atom is 0.137 e. The number of halogens is 2. The third-order valence-electron chi connectivity index (χ3n) is 3.60. The summed E-state index contributed by atoms with van der Waals surface area (Å²) in [6, 6.07) is 5.49. The number of nitrogens with one attached hydrogen (secondary N) is 1. The van der Waals surface area contributed by atoms with Gasteiger partial charge < -0.3 is 5.32 Å². The fourth-order valence-electron chi connectivity index (χ4n) is 2.25. The molecular weight excluding hydrogens is 317 g/mol. The zero-order chi connectivity index (χ0) is 15.0. The second-order valence-electron chi connectivity index (χ2n) is 5.95. The van der Waals surface area contributed by atoms with Gasteiger partial charge in [0.1, 0.15) is 5.82 Å². The van der Waals surface area contributed by atoms with E-state index in [1.54, 1.807) is 0 Å². The van der Waals surface area contributed by atoms with Crippen molar-refractivity contribution in [2.24, 2.45) is 5.92 Å². The van der Waals surface area contributed by atoms with Gasteiger partial charge in [0, 0.05) is 6.04 Å². The Morgan fingerprint density at radius 1 is 1.10 bits per heavy atom. The molecule has 0 aliphatic rings. The van der Waals surface area contributed by atoms with Crippen molar-refractivity contribution in [1.29, 1.82) is 0 Å². The number of hydrogen-bond donors (Lipinski definition) is 1. The van der Waals surface area contributed by atoms with Crippen molar-refractivity contribution in [3.8, 4) is 0 Å². The summed E-state index contributed by atoms with van der Waals surface area (Å²) in [5, 5.41) is 3.50. The first-order chi connectivity index (χ1) is 9.50.